The van der Waals surface area contributed by atoms with E-state index in [0.717, 1.165) is 3.79 Å². The van der Waals surface area contributed by atoms with Crippen LogP contribution in [-0.4, -0.2) is 39.1 Å². The molecule has 98 valence electrons. The van der Waals surface area contributed by atoms with E-state index in [4.69, 9.17) is 0 Å². The van der Waals surface area contributed by atoms with E-state index in [-0.39, 0.29) is 0 Å². The van der Waals surface area contributed by atoms with Crippen molar-refractivity contribution in [3.05, 3.63) is 9.98 Å². The Morgan fingerprint density at radius 2 is 2.39 bits per heavy atom. The Kier molecular flexibility index (Phi) is 3.58. The highest BCUT2D eigenvalue weighted by atomic mass is 79.9. The lowest BCUT2D eigenvalue weighted by atomic mass is 10.00. The molecular formula is C10H12BrN3O3S. The van der Waals surface area contributed by atoms with Gasteiger partial charge in [-0.25, -0.2) is 14.6 Å². The molecule has 2 N–H and O–H groups in total. The number of carboxylic acids is 1. The summed E-state index contributed by atoms with van der Waals surface area (Å²) in [6.45, 7) is 2.01. The largest absolute Gasteiger partial charge is 0.480 e. The number of carbonyl (C=O) groups excluding carboxylic acids is 1. The monoisotopic (exact) mass is 333 g/mol. The van der Waals surface area contributed by atoms with Gasteiger partial charge >= 0.3 is 12.0 Å². The van der Waals surface area contributed by atoms with Gasteiger partial charge in [0.1, 0.15) is 5.54 Å². The third kappa shape index (κ3) is 2.35. The van der Waals surface area contributed by atoms with Crippen LogP contribution in [0.5, 0.6) is 0 Å². The van der Waals surface area contributed by atoms with Crippen LogP contribution in [0.2, 0.25) is 0 Å². The zero-order valence-electron chi connectivity index (χ0n) is 9.64. The Morgan fingerprint density at radius 3 is 2.94 bits per heavy atom. The SMILES string of the molecule is CC1(C(=O)O)CCCN1C(=O)Nc1ncc(Br)s1. The van der Waals surface area contributed by atoms with Gasteiger partial charge < -0.3 is 10.0 Å². The maximum absolute atomic E-state index is 12.0. The summed E-state index contributed by atoms with van der Waals surface area (Å²) in [5.41, 5.74) is -1.13. The van der Waals surface area contributed by atoms with Crippen molar-refractivity contribution in [1.82, 2.24) is 9.88 Å². The predicted molar refractivity (Wildman–Crippen MR) is 70.8 cm³/mol. The number of hydrogen-bond acceptors (Lipinski definition) is 4. The fraction of sp³-hybridized carbons (Fsp3) is 0.500. The first-order chi connectivity index (χ1) is 8.43. The molecule has 1 aliphatic rings. The van der Waals surface area contributed by atoms with Crippen LogP contribution < -0.4 is 5.32 Å². The molecule has 0 aromatic carbocycles. The van der Waals surface area contributed by atoms with Crippen LogP contribution >= 0.6 is 27.3 Å². The normalized spacial score (nSPS) is 23.1. The molecule has 0 spiro atoms. The molecule has 8 heteroatoms. The van der Waals surface area contributed by atoms with E-state index in [0.29, 0.717) is 24.5 Å². The Morgan fingerprint density at radius 1 is 1.67 bits per heavy atom. The lowest BCUT2D eigenvalue weighted by Gasteiger charge is -2.30. The summed E-state index contributed by atoms with van der Waals surface area (Å²) in [6, 6.07) is -0.417. The second kappa shape index (κ2) is 4.85. The van der Waals surface area contributed by atoms with Crippen molar-refractivity contribution in [1.29, 1.82) is 0 Å². The first-order valence-corrected chi connectivity index (χ1v) is 6.98. The van der Waals surface area contributed by atoms with Crippen LogP contribution in [0.25, 0.3) is 0 Å². The quantitative estimate of drug-likeness (QED) is 0.870. The van der Waals surface area contributed by atoms with Crippen LogP contribution in [0.3, 0.4) is 0 Å². The highest BCUT2D eigenvalue weighted by Gasteiger charge is 2.46. The van der Waals surface area contributed by atoms with Crippen LogP contribution in [-0.2, 0) is 4.79 Å². The molecule has 1 aromatic rings. The Labute approximate surface area is 116 Å². The highest BCUT2D eigenvalue weighted by Crippen LogP contribution is 2.30. The first-order valence-electron chi connectivity index (χ1n) is 5.37. The Balaban J connectivity index is 2.11. The maximum Gasteiger partial charge on any atom is 0.329 e. The molecule has 2 amide bonds. The molecule has 1 atom stereocenters. The zero-order chi connectivity index (χ0) is 13.3. The number of carboxylic acid groups (broad SMARTS) is 1. The number of nitrogens with one attached hydrogen (secondary N) is 1. The molecule has 2 rings (SSSR count). The van der Waals surface area contributed by atoms with Crippen molar-refractivity contribution < 1.29 is 14.7 Å². The van der Waals surface area contributed by atoms with Gasteiger partial charge in [0, 0.05) is 6.54 Å². The molecule has 0 saturated carbocycles. The molecule has 1 aliphatic heterocycles. The lowest BCUT2D eigenvalue weighted by molar-refractivity contribution is -0.146. The highest BCUT2D eigenvalue weighted by molar-refractivity contribution is 9.11. The van der Waals surface area contributed by atoms with Gasteiger partial charge in [0.25, 0.3) is 0 Å². The molecule has 0 aliphatic carbocycles. The van der Waals surface area contributed by atoms with Gasteiger partial charge in [0.15, 0.2) is 5.13 Å². The van der Waals surface area contributed by atoms with Gasteiger partial charge in [-0.15, -0.1) is 0 Å². The average molecular weight is 334 g/mol. The number of likely N-dealkylation sites (tertiary alicyclic amines) is 1. The van der Waals surface area contributed by atoms with Gasteiger partial charge in [-0.1, -0.05) is 11.3 Å². The minimum Gasteiger partial charge on any atom is -0.480 e. The molecule has 0 bridgehead atoms. The number of aromatic nitrogens is 1. The van der Waals surface area contributed by atoms with Crippen LogP contribution in [0.15, 0.2) is 9.98 Å². The van der Waals surface area contributed by atoms with E-state index in [1.807, 2.05) is 0 Å². The molecule has 2 heterocycles. The third-order valence-electron chi connectivity index (χ3n) is 3.04. The van der Waals surface area contributed by atoms with Crippen LogP contribution in [0.1, 0.15) is 19.8 Å². The predicted octanol–water partition coefficient (Wildman–Crippen LogP) is 2.38. The summed E-state index contributed by atoms with van der Waals surface area (Å²) < 4.78 is 0.806. The fourth-order valence-corrected chi connectivity index (χ4v) is 3.08. The standard InChI is InChI=1S/C10H12BrN3O3S/c1-10(7(15)16)3-2-4-14(10)9(17)13-8-12-5-6(11)18-8/h5H,2-4H2,1H3,(H,15,16)(H,12,13,17). The summed E-state index contributed by atoms with van der Waals surface area (Å²) in [5, 5.41) is 12.3. The van der Waals surface area contributed by atoms with Crippen molar-refractivity contribution in [3.63, 3.8) is 0 Å². The summed E-state index contributed by atoms with van der Waals surface area (Å²) in [4.78, 5) is 28.6. The number of anilines is 1. The topological polar surface area (TPSA) is 82.5 Å². The number of carbonyl (C=O) groups is 2. The number of halogens is 1. The minimum absolute atomic E-state index is 0.417. The second-order valence-corrected chi connectivity index (χ2v) is 6.64. The van der Waals surface area contributed by atoms with Crippen LogP contribution in [0, 0.1) is 0 Å². The lowest BCUT2D eigenvalue weighted by Crippen LogP contribution is -2.52. The van der Waals surface area contributed by atoms with Crippen molar-refractivity contribution >= 4 is 44.4 Å². The van der Waals surface area contributed by atoms with Gasteiger partial charge in [-0.2, -0.15) is 0 Å². The summed E-state index contributed by atoms with van der Waals surface area (Å²) in [6.07, 6.45) is 2.75. The van der Waals surface area contributed by atoms with Gasteiger partial charge in [-0.3, -0.25) is 5.32 Å². The fourth-order valence-electron chi connectivity index (χ4n) is 1.98. The molecule has 1 fully saturated rings. The van der Waals surface area contributed by atoms with E-state index in [2.05, 4.69) is 26.2 Å². The van der Waals surface area contributed by atoms with E-state index < -0.39 is 17.5 Å². The molecule has 6 nitrogen and oxygen atoms in total. The summed E-state index contributed by atoms with van der Waals surface area (Å²) >= 11 is 4.53. The molecule has 18 heavy (non-hydrogen) atoms. The van der Waals surface area contributed by atoms with E-state index in [1.165, 1.54) is 16.2 Å². The van der Waals surface area contributed by atoms with Crippen molar-refractivity contribution in [3.8, 4) is 0 Å². The van der Waals surface area contributed by atoms with Crippen molar-refractivity contribution in [2.45, 2.75) is 25.3 Å². The Bertz CT molecular complexity index is 492. The number of rotatable bonds is 2. The first kappa shape index (κ1) is 13.3. The van der Waals surface area contributed by atoms with Gasteiger partial charge in [-0.05, 0) is 35.7 Å². The number of nitrogens with zero attached hydrogens (tertiary/aromatic N) is 2. The van der Waals surface area contributed by atoms with E-state index in [9.17, 15) is 14.7 Å². The third-order valence-corrected chi connectivity index (χ3v) is 4.43. The number of aliphatic carboxylic acids is 1. The molecule has 1 saturated heterocycles. The minimum atomic E-state index is -1.13. The summed E-state index contributed by atoms with van der Waals surface area (Å²) in [7, 11) is 0. The van der Waals surface area contributed by atoms with Gasteiger partial charge in [0.05, 0.1) is 9.98 Å². The second-order valence-electron chi connectivity index (χ2n) is 4.23. The van der Waals surface area contributed by atoms with E-state index >= 15 is 0 Å². The van der Waals surface area contributed by atoms with Gasteiger partial charge in [0.2, 0.25) is 0 Å². The summed E-state index contributed by atoms with van der Waals surface area (Å²) in [5.74, 6) is -0.976. The molecule has 1 aromatic heterocycles. The molecule has 1 unspecified atom stereocenters. The zero-order valence-corrected chi connectivity index (χ0v) is 12.0. The van der Waals surface area contributed by atoms with Crippen molar-refractivity contribution in [2.75, 3.05) is 11.9 Å². The molecule has 0 radical (unpaired) electrons. The number of amides is 2. The number of urea groups is 1. The maximum atomic E-state index is 12.0. The molecular weight excluding hydrogens is 322 g/mol. The number of thiazole rings is 1. The Hall–Kier alpha value is -1.15. The van der Waals surface area contributed by atoms with Crippen molar-refractivity contribution in [2.24, 2.45) is 0 Å². The average Bonchev–Trinajstić information content (AvgIpc) is 2.86. The smallest absolute Gasteiger partial charge is 0.329 e. The van der Waals surface area contributed by atoms with E-state index in [1.54, 1.807) is 13.1 Å². The van der Waals surface area contributed by atoms with Crippen LogP contribution in [0.4, 0.5) is 9.93 Å². The number of hydrogen-bond donors (Lipinski definition) is 2.